The van der Waals surface area contributed by atoms with E-state index < -0.39 is 0 Å². The van der Waals surface area contributed by atoms with Crippen molar-refractivity contribution >= 4 is 11.4 Å². The maximum atomic E-state index is 5.31. The van der Waals surface area contributed by atoms with Crippen molar-refractivity contribution in [3.63, 3.8) is 0 Å². The van der Waals surface area contributed by atoms with Crippen LogP contribution in [0.5, 0.6) is 0 Å². The van der Waals surface area contributed by atoms with E-state index in [2.05, 4.69) is 63.3 Å². The van der Waals surface area contributed by atoms with Crippen molar-refractivity contribution in [2.24, 2.45) is 0 Å². The molecule has 0 fully saturated rings. The average molecular weight is 236 g/mol. The van der Waals surface area contributed by atoms with Crippen LogP contribution in [0.2, 0.25) is 0 Å². The van der Waals surface area contributed by atoms with Gasteiger partial charge >= 0.3 is 0 Å². The number of methoxy groups -OCH3 is 1. The van der Waals surface area contributed by atoms with Gasteiger partial charge in [-0.15, -0.1) is 0 Å². The van der Waals surface area contributed by atoms with Gasteiger partial charge in [0.05, 0.1) is 6.10 Å². The molecule has 0 saturated carbocycles. The van der Waals surface area contributed by atoms with E-state index in [4.69, 9.17) is 4.74 Å². The molecule has 0 radical (unpaired) electrons. The highest BCUT2D eigenvalue weighted by molar-refractivity contribution is 5.62. The van der Waals surface area contributed by atoms with E-state index in [-0.39, 0.29) is 12.1 Å². The fraction of sp³-hybridized carbons (Fsp3) is 0.571. The first-order chi connectivity index (χ1) is 7.95. The van der Waals surface area contributed by atoms with Gasteiger partial charge in [-0.1, -0.05) is 6.07 Å². The minimum Gasteiger partial charge on any atom is -0.380 e. The van der Waals surface area contributed by atoms with Gasteiger partial charge in [0, 0.05) is 38.6 Å². The third-order valence-corrected chi connectivity index (χ3v) is 3.16. The Balaban J connectivity index is 2.82. The quantitative estimate of drug-likeness (QED) is 0.850. The topological polar surface area (TPSA) is 24.5 Å². The molecule has 3 heteroatoms. The van der Waals surface area contributed by atoms with E-state index in [0.717, 1.165) is 5.69 Å². The van der Waals surface area contributed by atoms with Gasteiger partial charge in [0.15, 0.2) is 0 Å². The number of rotatable bonds is 5. The second-order valence-corrected chi connectivity index (χ2v) is 4.77. The highest BCUT2D eigenvalue weighted by atomic mass is 16.5. The SMILES string of the molecule is COC(C)C(C)Nc1ccc(C)c(N(C)C)c1. The predicted octanol–water partition coefficient (Wildman–Crippen LogP) is 2.90. The van der Waals surface area contributed by atoms with Gasteiger partial charge in [0.1, 0.15) is 0 Å². The van der Waals surface area contributed by atoms with Crippen LogP contribution in [0.1, 0.15) is 19.4 Å². The van der Waals surface area contributed by atoms with Gasteiger partial charge in [-0.05, 0) is 38.5 Å². The van der Waals surface area contributed by atoms with Gasteiger partial charge in [-0.25, -0.2) is 0 Å². The Morgan fingerprint density at radius 2 is 1.88 bits per heavy atom. The summed E-state index contributed by atoms with van der Waals surface area (Å²) < 4.78 is 5.31. The second-order valence-electron chi connectivity index (χ2n) is 4.77. The van der Waals surface area contributed by atoms with Crippen LogP contribution in [0.4, 0.5) is 11.4 Å². The molecule has 0 spiro atoms. The molecule has 1 aromatic rings. The van der Waals surface area contributed by atoms with E-state index in [1.165, 1.54) is 11.3 Å². The molecule has 0 heterocycles. The average Bonchev–Trinajstić information content (AvgIpc) is 2.30. The number of ether oxygens (including phenoxy) is 1. The van der Waals surface area contributed by atoms with Crippen LogP contribution in [0.3, 0.4) is 0 Å². The lowest BCUT2D eigenvalue weighted by Gasteiger charge is -2.23. The number of anilines is 2. The zero-order valence-corrected chi connectivity index (χ0v) is 11.7. The minimum absolute atomic E-state index is 0.194. The molecule has 0 aliphatic heterocycles. The van der Waals surface area contributed by atoms with Crippen molar-refractivity contribution in [1.29, 1.82) is 0 Å². The number of benzene rings is 1. The smallest absolute Gasteiger partial charge is 0.0741 e. The molecule has 0 bridgehead atoms. The summed E-state index contributed by atoms with van der Waals surface area (Å²) in [5, 5.41) is 3.46. The zero-order chi connectivity index (χ0) is 13.0. The van der Waals surface area contributed by atoms with Crippen LogP contribution in [0.15, 0.2) is 18.2 Å². The number of hydrogen-bond acceptors (Lipinski definition) is 3. The van der Waals surface area contributed by atoms with E-state index in [1.54, 1.807) is 7.11 Å². The van der Waals surface area contributed by atoms with Crippen molar-refractivity contribution < 1.29 is 4.74 Å². The first-order valence-corrected chi connectivity index (χ1v) is 6.03. The summed E-state index contributed by atoms with van der Waals surface area (Å²) in [4.78, 5) is 2.13. The second kappa shape index (κ2) is 5.92. The Kier molecular flexibility index (Phi) is 4.82. The summed E-state index contributed by atoms with van der Waals surface area (Å²) >= 11 is 0. The summed E-state index contributed by atoms with van der Waals surface area (Å²) in [6.07, 6.45) is 0.194. The largest absolute Gasteiger partial charge is 0.380 e. The van der Waals surface area contributed by atoms with Crippen molar-refractivity contribution in [2.45, 2.75) is 32.9 Å². The van der Waals surface area contributed by atoms with Crippen molar-refractivity contribution in [3.05, 3.63) is 23.8 Å². The Morgan fingerprint density at radius 1 is 1.24 bits per heavy atom. The number of nitrogens with zero attached hydrogens (tertiary/aromatic N) is 1. The lowest BCUT2D eigenvalue weighted by molar-refractivity contribution is 0.106. The fourth-order valence-corrected chi connectivity index (χ4v) is 1.77. The summed E-state index contributed by atoms with van der Waals surface area (Å²) in [6.45, 7) is 6.32. The molecule has 0 amide bonds. The summed E-state index contributed by atoms with van der Waals surface area (Å²) in [5.41, 5.74) is 3.66. The maximum absolute atomic E-state index is 5.31. The van der Waals surface area contributed by atoms with Crippen molar-refractivity contribution in [1.82, 2.24) is 0 Å². The molecule has 1 aromatic carbocycles. The van der Waals surface area contributed by atoms with Gasteiger partial charge in [-0.3, -0.25) is 0 Å². The van der Waals surface area contributed by atoms with Gasteiger partial charge < -0.3 is 15.0 Å². The third-order valence-electron chi connectivity index (χ3n) is 3.16. The molecule has 0 aromatic heterocycles. The first kappa shape index (κ1) is 13.8. The van der Waals surface area contributed by atoms with Crippen LogP contribution < -0.4 is 10.2 Å². The van der Waals surface area contributed by atoms with Crippen LogP contribution in [-0.2, 0) is 4.74 Å². The van der Waals surface area contributed by atoms with Crippen LogP contribution in [0, 0.1) is 6.92 Å². The molecule has 0 aliphatic rings. The van der Waals surface area contributed by atoms with Crippen molar-refractivity contribution in [2.75, 3.05) is 31.4 Å². The Hall–Kier alpha value is -1.22. The summed E-state index contributed by atoms with van der Waals surface area (Å²) in [6, 6.07) is 6.72. The third kappa shape index (κ3) is 3.63. The fourth-order valence-electron chi connectivity index (χ4n) is 1.77. The van der Waals surface area contributed by atoms with Gasteiger partial charge in [0.2, 0.25) is 0 Å². The Labute approximate surface area is 105 Å². The predicted molar refractivity (Wildman–Crippen MR) is 75.1 cm³/mol. The van der Waals surface area contributed by atoms with Crippen LogP contribution in [0.25, 0.3) is 0 Å². The number of hydrogen-bond donors (Lipinski definition) is 1. The molecule has 0 aliphatic carbocycles. The van der Waals surface area contributed by atoms with Crippen molar-refractivity contribution in [3.8, 4) is 0 Å². The molecule has 96 valence electrons. The molecule has 2 atom stereocenters. The summed E-state index contributed by atoms with van der Waals surface area (Å²) in [5.74, 6) is 0. The molecule has 1 rings (SSSR count). The molecule has 2 unspecified atom stereocenters. The van der Waals surface area contributed by atoms with E-state index >= 15 is 0 Å². The van der Waals surface area contributed by atoms with Gasteiger partial charge in [0.25, 0.3) is 0 Å². The lowest BCUT2D eigenvalue weighted by atomic mass is 10.1. The molecule has 0 saturated heterocycles. The van der Waals surface area contributed by atoms with Gasteiger partial charge in [-0.2, -0.15) is 0 Å². The van der Waals surface area contributed by atoms with E-state index in [1.807, 2.05) is 0 Å². The standard InChI is InChI=1S/C14H24N2O/c1-10-7-8-13(9-14(10)16(4)5)15-11(2)12(3)17-6/h7-9,11-12,15H,1-6H3. The van der Waals surface area contributed by atoms with E-state index in [9.17, 15) is 0 Å². The number of aryl methyl sites for hydroxylation is 1. The molecule has 17 heavy (non-hydrogen) atoms. The highest BCUT2D eigenvalue weighted by Crippen LogP contribution is 2.23. The summed E-state index contributed by atoms with van der Waals surface area (Å²) in [7, 11) is 5.86. The monoisotopic (exact) mass is 236 g/mol. The van der Waals surface area contributed by atoms with Crippen LogP contribution in [-0.4, -0.2) is 33.4 Å². The van der Waals surface area contributed by atoms with Crippen LogP contribution >= 0.6 is 0 Å². The minimum atomic E-state index is 0.194. The zero-order valence-electron chi connectivity index (χ0n) is 11.7. The highest BCUT2D eigenvalue weighted by Gasteiger charge is 2.11. The molecular formula is C14H24N2O. The normalized spacial score (nSPS) is 14.2. The Morgan fingerprint density at radius 3 is 2.41 bits per heavy atom. The molecule has 1 N–H and O–H groups in total. The number of nitrogens with one attached hydrogen (secondary N) is 1. The molecule has 3 nitrogen and oxygen atoms in total. The lowest BCUT2D eigenvalue weighted by Crippen LogP contribution is -2.29. The van der Waals surface area contributed by atoms with E-state index in [0.29, 0.717) is 0 Å². The first-order valence-electron chi connectivity index (χ1n) is 6.03. The molecular weight excluding hydrogens is 212 g/mol. The maximum Gasteiger partial charge on any atom is 0.0741 e. The Bertz CT molecular complexity index is 363.